The maximum absolute atomic E-state index is 6.38. The molecule has 2 unspecified atom stereocenters. The van der Waals surface area contributed by atoms with Crippen molar-refractivity contribution in [1.29, 1.82) is 0 Å². The van der Waals surface area contributed by atoms with Gasteiger partial charge in [0, 0.05) is 11.1 Å². The lowest BCUT2D eigenvalue weighted by molar-refractivity contribution is 0.342. The van der Waals surface area contributed by atoms with Crippen molar-refractivity contribution in [3.63, 3.8) is 0 Å². The summed E-state index contributed by atoms with van der Waals surface area (Å²) in [5.41, 5.74) is 4.23. The molecule has 0 fully saturated rings. The van der Waals surface area contributed by atoms with Crippen LogP contribution in [0, 0.1) is 5.92 Å². The summed E-state index contributed by atoms with van der Waals surface area (Å²) >= 11 is 6.38. The second-order valence-corrected chi connectivity index (χ2v) is 5.97. The summed E-state index contributed by atoms with van der Waals surface area (Å²) in [5.74, 6) is 0.606. The molecule has 20 heavy (non-hydrogen) atoms. The van der Waals surface area contributed by atoms with Gasteiger partial charge in [0.05, 0.1) is 0 Å². The van der Waals surface area contributed by atoms with E-state index < -0.39 is 0 Å². The highest BCUT2D eigenvalue weighted by Crippen LogP contribution is 2.36. The predicted molar refractivity (Wildman–Crippen MR) is 85.2 cm³/mol. The van der Waals surface area contributed by atoms with Crippen LogP contribution in [0.15, 0.2) is 48.5 Å². The number of benzene rings is 2. The molecule has 0 saturated carbocycles. The van der Waals surface area contributed by atoms with Crippen molar-refractivity contribution in [2.75, 3.05) is 7.05 Å². The van der Waals surface area contributed by atoms with E-state index >= 15 is 0 Å². The van der Waals surface area contributed by atoms with E-state index in [-0.39, 0.29) is 0 Å². The van der Waals surface area contributed by atoms with Gasteiger partial charge < -0.3 is 5.32 Å². The first kappa shape index (κ1) is 13.7. The van der Waals surface area contributed by atoms with Crippen molar-refractivity contribution in [1.82, 2.24) is 5.32 Å². The number of halogens is 1. The van der Waals surface area contributed by atoms with E-state index in [1.54, 1.807) is 0 Å². The van der Waals surface area contributed by atoms with Crippen LogP contribution < -0.4 is 5.32 Å². The molecule has 2 atom stereocenters. The summed E-state index contributed by atoms with van der Waals surface area (Å²) in [6.45, 7) is 0. The topological polar surface area (TPSA) is 12.0 Å². The fourth-order valence-corrected chi connectivity index (χ4v) is 3.64. The Balaban J connectivity index is 1.87. The average molecular weight is 286 g/mol. The lowest BCUT2D eigenvalue weighted by Gasteiger charge is -2.32. The molecule has 0 saturated heterocycles. The molecule has 104 valence electrons. The highest BCUT2D eigenvalue weighted by atomic mass is 35.5. The van der Waals surface area contributed by atoms with Crippen LogP contribution >= 0.6 is 11.6 Å². The fraction of sp³-hybridized carbons (Fsp3) is 0.333. The third-order valence-corrected chi connectivity index (χ3v) is 4.75. The first-order valence-corrected chi connectivity index (χ1v) is 7.66. The molecular weight excluding hydrogens is 266 g/mol. The Morgan fingerprint density at radius 1 is 1.05 bits per heavy atom. The molecular formula is C18H20ClN. The van der Waals surface area contributed by atoms with Gasteiger partial charge in [-0.15, -0.1) is 0 Å². The van der Waals surface area contributed by atoms with Gasteiger partial charge in [0.25, 0.3) is 0 Å². The number of aryl methyl sites for hydroxylation is 1. The Kier molecular flexibility index (Phi) is 4.09. The lowest BCUT2D eigenvalue weighted by atomic mass is 9.78. The SMILES string of the molecule is CNC(c1ccccc1Cl)C1CCc2ccccc2C1. The van der Waals surface area contributed by atoms with Crippen LogP contribution in [0.2, 0.25) is 5.02 Å². The molecule has 0 spiro atoms. The van der Waals surface area contributed by atoms with E-state index in [1.165, 1.54) is 29.5 Å². The number of fused-ring (bicyclic) bond motifs is 1. The maximum Gasteiger partial charge on any atom is 0.0453 e. The molecule has 2 aromatic rings. The van der Waals surface area contributed by atoms with Crippen molar-refractivity contribution in [2.24, 2.45) is 5.92 Å². The Hall–Kier alpha value is -1.31. The van der Waals surface area contributed by atoms with E-state index in [4.69, 9.17) is 11.6 Å². The lowest BCUT2D eigenvalue weighted by Crippen LogP contribution is -2.29. The summed E-state index contributed by atoms with van der Waals surface area (Å²) in [6.07, 6.45) is 3.52. The zero-order chi connectivity index (χ0) is 13.9. The van der Waals surface area contributed by atoms with Gasteiger partial charge in [-0.3, -0.25) is 0 Å². The van der Waals surface area contributed by atoms with Crippen LogP contribution in [0.25, 0.3) is 0 Å². The molecule has 0 bridgehead atoms. The normalized spacial score (nSPS) is 19.4. The summed E-state index contributed by atoms with van der Waals surface area (Å²) in [6, 6.07) is 17.3. The van der Waals surface area contributed by atoms with Crippen LogP contribution in [0.3, 0.4) is 0 Å². The molecule has 1 aliphatic carbocycles. The van der Waals surface area contributed by atoms with Gasteiger partial charge in [0.15, 0.2) is 0 Å². The fourth-order valence-electron chi connectivity index (χ4n) is 3.38. The zero-order valence-electron chi connectivity index (χ0n) is 11.8. The van der Waals surface area contributed by atoms with Gasteiger partial charge in [-0.2, -0.15) is 0 Å². The Morgan fingerprint density at radius 3 is 2.50 bits per heavy atom. The van der Waals surface area contributed by atoms with Gasteiger partial charge in [-0.25, -0.2) is 0 Å². The second kappa shape index (κ2) is 5.99. The molecule has 0 aromatic heterocycles. The third-order valence-electron chi connectivity index (χ3n) is 4.41. The molecule has 2 heteroatoms. The largest absolute Gasteiger partial charge is 0.313 e. The standard InChI is InChI=1S/C18H20ClN/c1-20-18(16-8-4-5-9-17(16)19)15-11-10-13-6-2-3-7-14(13)12-15/h2-9,15,18,20H,10-12H2,1H3. The maximum atomic E-state index is 6.38. The molecule has 1 N–H and O–H groups in total. The number of hydrogen-bond acceptors (Lipinski definition) is 1. The minimum absolute atomic E-state index is 0.331. The number of rotatable bonds is 3. The van der Waals surface area contributed by atoms with Crippen LogP contribution in [-0.2, 0) is 12.8 Å². The van der Waals surface area contributed by atoms with E-state index in [0.29, 0.717) is 12.0 Å². The summed E-state index contributed by atoms with van der Waals surface area (Å²) in [5, 5.41) is 4.34. The first-order chi connectivity index (χ1) is 9.79. The molecule has 1 aliphatic rings. The molecule has 0 aliphatic heterocycles. The molecule has 0 radical (unpaired) electrons. The molecule has 3 rings (SSSR count). The van der Waals surface area contributed by atoms with E-state index in [9.17, 15) is 0 Å². The minimum Gasteiger partial charge on any atom is -0.313 e. The highest BCUT2D eigenvalue weighted by molar-refractivity contribution is 6.31. The Morgan fingerprint density at radius 2 is 1.75 bits per heavy atom. The molecule has 0 amide bonds. The summed E-state index contributed by atoms with van der Waals surface area (Å²) in [7, 11) is 2.04. The number of hydrogen-bond donors (Lipinski definition) is 1. The number of nitrogens with one attached hydrogen (secondary N) is 1. The monoisotopic (exact) mass is 285 g/mol. The van der Waals surface area contributed by atoms with Crippen molar-refractivity contribution in [2.45, 2.75) is 25.3 Å². The summed E-state index contributed by atoms with van der Waals surface area (Å²) < 4.78 is 0. The van der Waals surface area contributed by atoms with Crippen molar-refractivity contribution < 1.29 is 0 Å². The second-order valence-electron chi connectivity index (χ2n) is 5.56. The third kappa shape index (κ3) is 2.61. The van der Waals surface area contributed by atoms with E-state index in [2.05, 4.69) is 41.7 Å². The van der Waals surface area contributed by atoms with Gasteiger partial charge in [0.1, 0.15) is 0 Å². The molecule has 1 nitrogen and oxygen atoms in total. The van der Waals surface area contributed by atoms with Crippen molar-refractivity contribution in [3.05, 3.63) is 70.2 Å². The zero-order valence-corrected chi connectivity index (χ0v) is 12.5. The van der Waals surface area contributed by atoms with E-state index in [0.717, 1.165) is 11.4 Å². The van der Waals surface area contributed by atoms with Gasteiger partial charge >= 0.3 is 0 Å². The average Bonchev–Trinajstić information content (AvgIpc) is 2.50. The first-order valence-electron chi connectivity index (χ1n) is 7.28. The van der Waals surface area contributed by atoms with Gasteiger partial charge in [-0.05, 0) is 55.0 Å². The Bertz CT molecular complexity index is 593. The van der Waals surface area contributed by atoms with E-state index in [1.807, 2.05) is 19.2 Å². The smallest absolute Gasteiger partial charge is 0.0453 e. The van der Waals surface area contributed by atoms with Crippen molar-refractivity contribution in [3.8, 4) is 0 Å². The van der Waals surface area contributed by atoms with Gasteiger partial charge in [0.2, 0.25) is 0 Å². The van der Waals surface area contributed by atoms with Gasteiger partial charge in [-0.1, -0.05) is 54.1 Å². The quantitative estimate of drug-likeness (QED) is 0.881. The molecule has 0 heterocycles. The Labute approximate surface area is 126 Å². The highest BCUT2D eigenvalue weighted by Gasteiger charge is 2.27. The minimum atomic E-state index is 0.331. The van der Waals surface area contributed by atoms with Crippen LogP contribution in [-0.4, -0.2) is 7.05 Å². The van der Waals surface area contributed by atoms with Crippen molar-refractivity contribution >= 4 is 11.6 Å². The van der Waals surface area contributed by atoms with Crippen LogP contribution in [0.1, 0.15) is 29.2 Å². The summed E-state index contributed by atoms with van der Waals surface area (Å²) in [4.78, 5) is 0. The predicted octanol–water partition coefficient (Wildman–Crippen LogP) is 4.41. The van der Waals surface area contributed by atoms with Crippen LogP contribution in [0.5, 0.6) is 0 Å². The molecule has 2 aromatic carbocycles. The van der Waals surface area contributed by atoms with Crippen LogP contribution in [0.4, 0.5) is 0 Å².